The van der Waals surface area contributed by atoms with Gasteiger partial charge in [-0.3, -0.25) is 9.69 Å². The number of rotatable bonds is 8. The lowest BCUT2D eigenvalue weighted by molar-refractivity contribution is -0.116. The van der Waals surface area contributed by atoms with Crippen LogP contribution in [-0.4, -0.2) is 43.6 Å². The highest BCUT2D eigenvalue weighted by Gasteiger charge is 2.28. The van der Waals surface area contributed by atoms with Gasteiger partial charge in [0.15, 0.2) is 5.76 Å². The fraction of sp³-hybridized carbons (Fsp3) is 0.400. The van der Waals surface area contributed by atoms with Crippen LogP contribution >= 0.6 is 15.9 Å². The summed E-state index contributed by atoms with van der Waals surface area (Å²) in [6.45, 7) is 4.45. The van der Waals surface area contributed by atoms with Crippen molar-refractivity contribution >= 4 is 27.5 Å². The van der Waals surface area contributed by atoms with Gasteiger partial charge in [0, 0.05) is 18.8 Å². The average Bonchev–Trinajstić information content (AvgIpc) is 3.38. The molecule has 1 aliphatic carbocycles. The summed E-state index contributed by atoms with van der Waals surface area (Å²) in [5.74, 6) is 2.47. The van der Waals surface area contributed by atoms with Gasteiger partial charge in [0.1, 0.15) is 18.1 Å². The molecule has 2 heterocycles. The van der Waals surface area contributed by atoms with Crippen LogP contribution in [0.25, 0.3) is 0 Å². The summed E-state index contributed by atoms with van der Waals surface area (Å²) in [5.41, 5.74) is 2.18. The number of nitrogens with zero attached hydrogens (tertiary/aromatic N) is 2. The van der Waals surface area contributed by atoms with Crippen LogP contribution in [0.4, 0.5) is 5.69 Å². The summed E-state index contributed by atoms with van der Waals surface area (Å²) < 4.78 is 12.7. The van der Waals surface area contributed by atoms with Crippen molar-refractivity contribution in [1.29, 1.82) is 0 Å². The monoisotopic (exact) mass is 482 g/mol. The number of anilines is 1. The lowest BCUT2D eigenvalue weighted by atomic mass is 10.1. The molecule has 1 amide bonds. The summed E-state index contributed by atoms with van der Waals surface area (Å²) in [6, 6.07) is 13.9. The zero-order chi connectivity index (χ0) is 21.2. The molecule has 0 bridgehead atoms. The van der Waals surface area contributed by atoms with Crippen molar-refractivity contribution in [1.82, 2.24) is 4.90 Å². The Morgan fingerprint density at radius 2 is 1.81 bits per heavy atom. The van der Waals surface area contributed by atoms with Gasteiger partial charge in [-0.2, -0.15) is 0 Å². The van der Waals surface area contributed by atoms with Crippen molar-refractivity contribution in [2.24, 2.45) is 0 Å². The predicted molar refractivity (Wildman–Crippen MR) is 125 cm³/mol. The maximum absolute atomic E-state index is 12.9. The average molecular weight is 483 g/mol. The van der Waals surface area contributed by atoms with E-state index in [1.807, 2.05) is 36.4 Å². The molecule has 31 heavy (non-hydrogen) atoms. The van der Waals surface area contributed by atoms with Gasteiger partial charge in [-0.1, -0.05) is 12.1 Å². The van der Waals surface area contributed by atoms with Crippen LogP contribution in [0, 0.1) is 0 Å². The standard InChI is InChI=1S/C25H27BrN2O3/c26-22-17-20(7-10-23(22)30-16-15-27-12-1-2-13-27)28-14-11-24(25(28)29)31-21-8-5-19(6-9-21)18-3-4-18/h5-11,17-18H,1-4,12-16H2. The Bertz CT molecular complexity index is 979. The van der Waals surface area contributed by atoms with E-state index < -0.39 is 0 Å². The molecule has 0 radical (unpaired) electrons. The van der Waals surface area contributed by atoms with Gasteiger partial charge in [-0.05, 0) is 103 Å². The third kappa shape index (κ3) is 4.80. The number of likely N-dealkylation sites (tertiary alicyclic amines) is 1. The topological polar surface area (TPSA) is 42.0 Å². The zero-order valence-corrected chi connectivity index (χ0v) is 19.1. The minimum absolute atomic E-state index is 0.124. The molecule has 0 spiro atoms. The second kappa shape index (κ2) is 9.05. The van der Waals surface area contributed by atoms with Crippen LogP contribution in [0.2, 0.25) is 0 Å². The van der Waals surface area contributed by atoms with Crippen LogP contribution in [0.1, 0.15) is 37.2 Å². The van der Waals surface area contributed by atoms with Gasteiger partial charge >= 0.3 is 0 Å². The first kappa shape index (κ1) is 20.6. The van der Waals surface area contributed by atoms with E-state index in [0.29, 0.717) is 30.6 Å². The summed E-state index contributed by atoms with van der Waals surface area (Å²) in [7, 11) is 0. The Kier molecular flexibility index (Phi) is 6.01. The number of benzene rings is 2. The normalized spacial score (nSPS) is 19.1. The smallest absolute Gasteiger partial charge is 0.294 e. The van der Waals surface area contributed by atoms with Crippen LogP contribution < -0.4 is 14.4 Å². The maximum atomic E-state index is 12.9. The number of amides is 1. The fourth-order valence-corrected chi connectivity index (χ4v) is 4.68. The molecule has 1 saturated carbocycles. The van der Waals surface area contributed by atoms with Crippen molar-refractivity contribution in [2.75, 3.05) is 37.7 Å². The molecule has 2 aromatic rings. The van der Waals surface area contributed by atoms with Gasteiger partial charge in [0.05, 0.1) is 4.47 Å². The van der Waals surface area contributed by atoms with E-state index in [2.05, 4.69) is 33.0 Å². The minimum atomic E-state index is -0.124. The third-order valence-electron chi connectivity index (χ3n) is 6.16. The minimum Gasteiger partial charge on any atom is -0.491 e. The van der Waals surface area contributed by atoms with Crippen molar-refractivity contribution in [3.05, 3.63) is 64.3 Å². The number of carbonyl (C=O) groups excluding carboxylic acids is 1. The lowest BCUT2D eigenvalue weighted by Gasteiger charge is -2.19. The van der Waals surface area contributed by atoms with E-state index >= 15 is 0 Å². The molecule has 2 fully saturated rings. The molecular formula is C25H27BrN2O3. The van der Waals surface area contributed by atoms with Crippen molar-refractivity contribution < 1.29 is 14.3 Å². The van der Waals surface area contributed by atoms with Crippen LogP contribution in [0.3, 0.4) is 0 Å². The Morgan fingerprint density at radius 1 is 1.03 bits per heavy atom. The van der Waals surface area contributed by atoms with E-state index in [0.717, 1.165) is 22.5 Å². The van der Waals surface area contributed by atoms with Crippen LogP contribution in [-0.2, 0) is 4.79 Å². The zero-order valence-electron chi connectivity index (χ0n) is 17.6. The summed E-state index contributed by atoms with van der Waals surface area (Å²) in [4.78, 5) is 17.0. The Labute approximate surface area is 191 Å². The SMILES string of the molecule is O=C1C(Oc2ccc(C3CC3)cc2)=CCN1c1ccc(OCCN2CCCC2)c(Br)c1. The molecule has 2 aliphatic heterocycles. The van der Waals surface area contributed by atoms with Gasteiger partial charge < -0.3 is 14.4 Å². The quantitative estimate of drug-likeness (QED) is 0.524. The van der Waals surface area contributed by atoms with Crippen LogP contribution in [0.15, 0.2) is 58.8 Å². The van der Waals surface area contributed by atoms with Crippen LogP contribution in [0.5, 0.6) is 11.5 Å². The molecule has 5 nitrogen and oxygen atoms in total. The maximum Gasteiger partial charge on any atom is 0.294 e. The van der Waals surface area contributed by atoms with Crippen molar-refractivity contribution in [3.63, 3.8) is 0 Å². The number of hydrogen-bond donors (Lipinski definition) is 0. The molecule has 1 saturated heterocycles. The molecular weight excluding hydrogens is 456 g/mol. The molecule has 0 atom stereocenters. The predicted octanol–water partition coefficient (Wildman–Crippen LogP) is 5.11. The molecule has 6 heteroatoms. The highest BCUT2D eigenvalue weighted by atomic mass is 79.9. The molecule has 0 aromatic heterocycles. The Morgan fingerprint density at radius 3 is 2.52 bits per heavy atom. The summed E-state index contributed by atoms with van der Waals surface area (Å²) >= 11 is 3.60. The van der Waals surface area contributed by atoms with Gasteiger partial charge in [-0.15, -0.1) is 0 Å². The molecule has 162 valence electrons. The Hall–Kier alpha value is -2.31. The molecule has 0 unspecified atom stereocenters. The largest absolute Gasteiger partial charge is 0.491 e. The Balaban J connectivity index is 1.17. The van der Waals surface area contributed by atoms with E-state index in [1.165, 1.54) is 44.3 Å². The second-order valence-corrected chi connectivity index (χ2v) is 9.30. The number of ether oxygens (including phenoxy) is 2. The van der Waals surface area contributed by atoms with E-state index in [4.69, 9.17) is 9.47 Å². The second-order valence-electron chi connectivity index (χ2n) is 8.44. The summed E-state index contributed by atoms with van der Waals surface area (Å²) in [6.07, 6.45) is 6.96. The van der Waals surface area contributed by atoms with E-state index in [1.54, 1.807) is 4.90 Å². The van der Waals surface area contributed by atoms with E-state index in [-0.39, 0.29) is 5.91 Å². The summed E-state index contributed by atoms with van der Waals surface area (Å²) in [5, 5.41) is 0. The van der Waals surface area contributed by atoms with Gasteiger partial charge in [0.25, 0.3) is 5.91 Å². The number of halogens is 1. The van der Waals surface area contributed by atoms with Crippen molar-refractivity contribution in [3.8, 4) is 11.5 Å². The van der Waals surface area contributed by atoms with Crippen molar-refractivity contribution in [2.45, 2.75) is 31.6 Å². The van der Waals surface area contributed by atoms with Gasteiger partial charge in [0.2, 0.25) is 0 Å². The third-order valence-corrected chi connectivity index (χ3v) is 6.78. The first-order chi connectivity index (χ1) is 15.2. The lowest BCUT2D eigenvalue weighted by Crippen LogP contribution is -2.27. The highest BCUT2D eigenvalue weighted by Crippen LogP contribution is 2.40. The van der Waals surface area contributed by atoms with Gasteiger partial charge in [-0.25, -0.2) is 0 Å². The molecule has 3 aliphatic rings. The first-order valence-electron chi connectivity index (χ1n) is 11.1. The molecule has 5 rings (SSSR count). The first-order valence-corrected chi connectivity index (χ1v) is 11.9. The van der Waals surface area contributed by atoms with E-state index in [9.17, 15) is 4.79 Å². The number of hydrogen-bond acceptors (Lipinski definition) is 4. The molecule has 2 aromatic carbocycles. The number of carbonyl (C=O) groups is 1. The highest BCUT2D eigenvalue weighted by molar-refractivity contribution is 9.10. The molecule has 0 N–H and O–H groups in total. The fourth-order valence-electron chi connectivity index (χ4n) is 4.20.